The summed E-state index contributed by atoms with van der Waals surface area (Å²) in [6.07, 6.45) is 2.22. The first kappa shape index (κ1) is 15.9. The van der Waals surface area contributed by atoms with Crippen LogP contribution in [0.2, 0.25) is 0 Å². The van der Waals surface area contributed by atoms with E-state index in [9.17, 15) is 13.2 Å². The molecule has 0 aliphatic carbocycles. The molecule has 3 rings (SSSR count). The Bertz CT molecular complexity index is 650. The zero-order chi connectivity index (χ0) is 15.7. The van der Waals surface area contributed by atoms with Crippen LogP contribution in [0.1, 0.15) is 24.1 Å². The van der Waals surface area contributed by atoms with E-state index < -0.39 is 16.1 Å². The van der Waals surface area contributed by atoms with E-state index in [1.165, 1.54) is 15.6 Å². The predicted octanol–water partition coefficient (Wildman–Crippen LogP) is 0.688. The summed E-state index contributed by atoms with van der Waals surface area (Å²) in [6.45, 7) is 3.95. The van der Waals surface area contributed by atoms with Crippen molar-refractivity contribution in [3.8, 4) is 0 Å². The number of hydrogen-bond acceptors (Lipinski definition) is 5. The van der Waals surface area contributed by atoms with E-state index in [1.54, 1.807) is 12.1 Å². The first-order valence-corrected chi connectivity index (χ1v) is 9.83. The maximum absolute atomic E-state index is 12.7. The summed E-state index contributed by atoms with van der Waals surface area (Å²) in [6, 6.07) is 2.96. The lowest BCUT2D eigenvalue weighted by Gasteiger charge is -2.24. The van der Waals surface area contributed by atoms with E-state index in [1.807, 2.05) is 6.92 Å². The molecule has 1 aromatic heterocycles. The van der Waals surface area contributed by atoms with Gasteiger partial charge in [0, 0.05) is 24.0 Å². The Labute approximate surface area is 134 Å². The Morgan fingerprint density at radius 3 is 2.86 bits per heavy atom. The second kappa shape index (κ2) is 6.27. The number of carbonyl (C=O) groups is 1. The molecule has 3 heterocycles. The molecule has 0 aromatic carbocycles. The normalized spacial score (nSPS) is 26.4. The lowest BCUT2D eigenvalue weighted by Crippen LogP contribution is -2.49. The van der Waals surface area contributed by atoms with Crippen molar-refractivity contribution in [2.45, 2.75) is 42.5 Å². The van der Waals surface area contributed by atoms with Crippen molar-refractivity contribution in [1.29, 1.82) is 0 Å². The molecule has 0 saturated carbocycles. The fourth-order valence-electron chi connectivity index (χ4n) is 3.03. The topological polar surface area (TPSA) is 78.5 Å². The van der Waals surface area contributed by atoms with Crippen LogP contribution < -0.4 is 10.6 Å². The third-order valence-corrected chi connectivity index (χ3v) is 7.57. The summed E-state index contributed by atoms with van der Waals surface area (Å²) in [5.41, 5.74) is 0. The third-order valence-electron chi connectivity index (χ3n) is 4.19. The average Bonchev–Trinajstić information content (AvgIpc) is 3.18. The van der Waals surface area contributed by atoms with Crippen LogP contribution in [0.25, 0.3) is 0 Å². The highest BCUT2D eigenvalue weighted by molar-refractivity contribution is 7.91. The predicted molar refractivity (Wildman–Crippen MR) is 85.4 cm³/mol. The summed E-state index contributed by atoms with van der Waals surface area (Å²) >= 11 is 1.26. The molecule has 0 bridgehead atoms. The number of thiophene rings is 1. The van der Waals surface area contributed by atoms with Gasteiger partial charge in [0.15, 0.2) is 0 Å². The fraction of sp³-hybridized carbons (Fsp3) is 0.643. The van der Waals surface area contributed by atoms with E-state index in [2.05, 4.69) is 10.6 Å². The van der Waals surface area contributed by atoms with Gasteiger partial charge in [-0.25, -0.2) is 8.42 Å². The van der Waals surface area contributed by atoms with E-state index in [4.69, 9.17) is 0 Å². The molecule has 6 nitrogen and oxygen atoms in total. The van der Waals surface area contributed by atoms with Crippen LogP contribution in [0.15, 0.2) is 16.3 Å². The highest BCUT2D eigenvalue weighted by atomic mass is 32.2. The summed E-state index contributed by atoms with van der Waals surface area (Å²) in [5, 5.41) is 6.17. The molecule has 2 N–H and O–H groups in total. The number of sulfonamides is 1. The van der Waals surface area contributed by atoms with E-state index >= 15 is 0 Å². The maximum Gasteiger partial charge on any atom is 0.253 e. The lowest BCUT2D eigenvalue weighted by atomic mass is 10.2. The van der Waals surface area contributed by atoms with E-state index in [-0.39, 0.29) is 11.9 Å². The fourth-order valence-corrected chi connectivity index (χ4v) is 6.10. The standard InChI is InChI=1S/C14H21N3O3S2/c1-10-4-5-13(21-10)22(19,20)17-8-2-3-12(17)14(18)16-11-6-7-15-9-11/h4-5,11-12,15H,2-3,6-9H2,1H3,(H,16,18). The van der Waals surface area contributed by atoms with Crippen molar-refractivity contribution >= 4 is 27.3 Å². The minimum absolute atomic E-state index is 0.113. The summed E-state index contributed by atoms with van der Waals surface area (Å²) in [7, 11) is -3.57. The van der Waals surface area contributed by atoms with Crippen molar-refractivity contribution in [2.75, 3.05) is 19.6 Å². The summed E-state index contributed by atoms with van der Waals surface area (Å²) < 4.78 is 27.2. The third kappa shape index (κ3) is 3.05. The van der Waals surface area contributed by atoms with Gasteiger partial charge in [0.2, 0.25) is 5.91 Å². The Hall–Kier alpha value is -0.960. The molecule has 0 spiro atoms. The van der Waals surface area contributed by atoms with Gasteiger partial charge in [-0.1, -0.05) is 0 Å². The quantitative estimate of drug-likeness (QED) is 0.843. The molecule has 1 amide bonds. The van der Waals surface area contributed by atoms with Crippen molar-refractivity contribution in [2.24, 2.45) is 0 Å². The van der Waals surface area contributed by atoms with Crippen LogP contribution in [0, 0.1) is 6.92 Å². The van der Waals surface area contributed by atoms with Crippen LogP contribution in [-0.2, 0) is 14.8 Å². The van der Waals surface area contributed by atoms with Crippen molar-refractivity contribution < 1.29 is 13.2 Å². The van der Waals surface area contributed by atoms with Crippen molar-refractivity contribution in [1.82, 2.24) is 14.9 Å². The minimum Gasteiger partial charge on any atom is -0.351 e. The largest absolute Gasteiger partial charge is 0.351 e. The van der Waals surface area contributed by atoms with Crippen molar-refractivity contribution in [3.05, 3.63) is 17.0 Å². The van der Waals surface area contributed by atoms with Gasteiger partial charge >= 0.3 is 0 Å². The zero-order valence-corrected chi connectivity index (χ0v) is 14.2. The Morgan fingerprint density at radius 2 is 2.23 bits per heavy atom. The van der Waals surface area contributed by atoms with Gasteiger partial charge < -0.3 is 10.6 Å². The van der Waals surface area contributed by atoms with Crippen LogP contribution in [0.3, 0.4) is 0 Å². The van der Waals surface area contributed by atoms with Gasteiger partial charge in [-0.3, -0.25) is 4.79 Å². The molecule has 22 heavy (non-hydrogen) atoms. The molecule has 0 radical (unpaired) electrons. The van der Waals surface area contributed by atoms with Crippen LogP contribution in [-0.4, -0.2) is 50.3 Å². The second-order valence-corrected chi connectivity index (χ2v) is 9.24. The number of nitrogens with one attached hydrogen (secondary N) is 2. The van der Waals surface area contributed by atoms with E-state index in [0.717, 1.165) is 30.8 Å². The second-order valence-electron chi connectivity index (χ2n) is 5.84. The van der Waals surface area contributed by atoms with Crippen LogP contribution >= 0.6 is 11.3 Å². The number of aryl methyl sites for hydroxylation is 1. The minimum atomic E-state index is -3.57. The van der Waals surface area contributed by atoms with Crippen molar-refractivity contribution in [3.63, 3.8) is 0 Å². The van der Waals surface area contributed by atoms with Gasteiger partial charge in [-0.2, -0.15) is 4.31 Å². The Morgan fingerprint density at radius 1 is 1.41 bits per heavy atom. The molecular formula is C14H21N3O3S2. The Kier molecular flexibility index (Phi) is 4.54. The molecule has 1 aromatic rings. The SMILES string of the molecule is Cc1ccc(S(=O)(=O)N2CCCC2C(=O)NC2CCNC2)s1. The van der Waals surface area contributed by atoms with Crippen LogP contribution in [0.4, 0.5) is 0 Å². The first-order valence-electron chi connectivity index (χ1n) is 7.58. The Balaban J connectivity index is 1.76. The number of carbonyl (C=O) groups excluding carboxylic acids is 1. The molecule has 2 fully saturated rings. The molecule has 2 atom stereocenters. The number of amides is 1. The summed E-state index contributed by atoms with van der Waals surface area (Å²) in [4.78, 5) is 13.4. The molecule has 2 aliphatic rings. The van der Waals surface area contributed by atoms with Gasteiger partial charge in [0.1, 0.15) is 10.3 Å². The molecule has 2 aliphatic heterocycles. The molecule has 122 valence electrons. The highest BCUT2D eigenvalue weighted by Crippen LogP contribution is 2.30. The zero-order valence-electron chi connectivity index (χ0n) is 12.5. The van der Waals surface area contributed by atoms with E-state index in [0.29, 0.717) is 17.2 Å². The monoisotopic (exact) mass is 343 g/mol. The first-order chi connectivity index (χ1) is 10.5. The lowest BCUT2D eigenvalue weighted by molar-refractivity contribution is -0.124. The van der Waals surface area contributed by atoms with Gasteiger partial charge in [-0.15, -0.1) is 11.3 Å². The van der Waals surface area contributed by atoms with Gasteiger partial charge in [0.05, 0.1) is 0 Å². The molecule has 8 heteroatoms. The highest BCUT2D eigenvalue weighted by Gasteiger charge is 2.40. The maximum atomic E-state index is 12.7. The smallest absolute Gasteiger partial charge is 0.253 e. The van der Waals surface area contributed by atoms with Gasteiger partial charge in [0.25, 0.3) is 10.0 Å². The van der Waals surface area contributed by atoms with Gasteiger partial charge in [-0.05, 0) is 44.9 Å². The number of hydrogen-bond donors (Lipinski definition) is 2. The summed E-state index contributed by atoms with van der Waals surface area (Å²) in [5.74, 6) is -0.164. The average molecular weight is 343 g/mol. The molecule has 2 unspecified atom stereocenters. The molecule has 2 saturated heterocycles. The molecular weight excluding hydrogens is 322 g/mol. The van der Waals surface area contributed by atoms with Crippen LogP contribution in [0.5, 0.6) is 0 Å². The number of rotatable bonds is 4. The number of nitrogens with zero attached hydrogens (tertiary/aromatic N) is 1.